The zero-order valence-corrected chi connectivity index (χ0v) is 17.8. The predicted molar refractivity (Wildman–Crippen MR) is 118 cm³/mol. The van der Waals surface area contributed by atoms with Gasteiger partial charge in [0.1, 0.15) is 17.3 Å². The van der Waals surface area contributed by atoms with E-state index < -0.39 is 18.3 Å². The molecule has 1 unspecified atom stereocenters. The van der Waals surface area contributed by atoms with Crippen LogP contribution in [-0.4, -0.2) is 71.9 Å². The average molecular weight is 428 g/mol. The number of benzene rings is 1. The van der Waals surface area contributed by atoms with E-state index in [0.717, 1.165) is 40.9 Å². The van der Waals surface area contributed by atoms with E-state index in [9.17, 15) is 9.59 Å². The molecule has 1 saturated heterocycles. The number of thiophene rings is 1. The van der Waals surface area contributed by atoms with Crippen molar-refractivity contribution in [3.8, 4) is 0 Å². The maximum absolute atomic E-state index is 11.8. The van der Waals surface area contributed by atoms with E-state index in [1.165, 1.54) is 4.88 Å². The van der Waals surface area contributed by atoms with Gasteiger partial charge in [0.05, 0.1) is 16.9 Å². The van der Waals surface area contributed by atoms with Crippen LogP contribution in [0.1, 0.15) is 16.9 Å². The van der Waals surface area contributed by atoms with Crippen molar-refractivity contribution in [3.05, 3.63) is 40.8 Å². The van der Waals surface area contributed by atoms with E-state index in [-0.39, 0.29) is 6.04 Å². The Morgan fingerprint density at radius 1 is 1.33 bits per heavy atom. The minimum Gasteiger partial charge on any atom is -0.481 e. The summed E-state index contributed by atoms with van der Waals surface area (Å²) in [5, 5.41) is 16.1. The van der Waals surface area contributed by atoms with Gasteiger partial charge in [-0.25, -0.2) is 4.99 Å². The third kappa shape index (κ3) is 4.31. The van der Waals surface area contributed by atoms with Gasteiger partial charge in [-0.05, 0) is 32.2 Å². The molecule has 2 aliphatic rings. The number of nitrogens with zero attached hydrogens (tertiary/aromatic N) is 3. The molecule has 0 spiro atoms. The quantitative estimate of drug-likeness (QED) is 0.649. The summed E-state index contributed by atoms with van der Waals surface area (Å²) >= 11 is 1.71. The second kappa shape index (κ2) is 8.45. The van der Waals surface area contributed by atoms with Crippen LogP contribution >= 0.6 is 11.3 Å². The van der Waals surface area contributed by atoms with E-state index in [1.54, 1.807) is 11.3 Å². The first-order chi connectivity index (χ1) is 14.4. The maximum Gasteiger partial charge on any atom is 0.312 e. The SMILES string of the molecule is Cc1cc2c(s1)Nc1ccccc1N=C2N1CCN(C)C(CNC(=O)CC(=O)O)C1. The second-order valence-electron chi connectivity index (χ2n) is 7.63. The maximum atomic E-state index is 11.8. The van der Waals surface area contributed by atoms with E-state index in [4.69, 9.17) is 10.1 Å². The Hall–Kier alpha value is -2.91. The number of rotatable bonds is 4. The van der Waals surface area contributed by atoms with Crippen molar-refractivity contribution >= 4 is 45.4 Å². The zero-order valence-electron chi connectivity index (χ0n) is 17.0. The van der Waals surface area contributed by atoms with Crippen molar-refractivity contribution in [3.63, 3.8) is 0 Å². The fourth-order valence-corrected chi connectivity index (χ4v) is 4.70. The number of carbonyl (C=O) groups is 2. The van der Waals surface area contributed by atoms with Crippen molar-refractivity contribution in [2.75, 3.05) is 38.5 Å². The second-order valence-corrected chi connectivity index (χ2v) is 8.89. The summed E-state index contributed by atoms with van der Waals surface area (Å²) in [4.78, 5) is 33.2. The Kier molecular flexibility index (Phi) is 5.74. The molecule has 1 amide bonds. The zero-order chi connectivity index (χ0) is 21.3. The van der Waals surface area contributed by atoms with Gasteiger partial charge in [-0.1, -0.05) is 12.1 Å². The molecule has 0 aliphatic carbocycles. The molecule has 2 aliphatic heterocycles. The molecule has 0 saturated carbocycles. The van der Waals surface area contributed by atoms with Gasteiger partial charge < -0.3 is 20.6 Å². The van der Waals surface area contributed by atoms with Crippen LogP contribution in [0.15, 0.2) is 35.3 Å². The lowest BCUT2D eigenvalue weighted by molar-refractivity contribution is -0.140. The highest BCUT2D eigenvalue weighted by molar-refractivity contribution is 7.16. The number of nitrogens with one attached hydrogen (secondary N) is 2. The monoisotopic (exact) mass is 427 g/mol. The Balaban J connectivity index is 1.58. The van der Waals surface area contributed by atoms with Gasteiger partial charge in [-0.3, -0.25) is 14.5 Å². The van der Waals surface area contributed by atoms with Crippen LogP contribution < -0.4 is 10.6 Å². The molecule has 1 aromatic carbocycles. The summed E-state index contributed by atoms with van der Waals surface area (Å²) < 4.78 is 0. The summed E-state index contributed by atoms with van der Waals surface area (Å²) in [5.41, 5.74) is 2.98. The molecule has 3 heterocycles. The number of aliphatic carboxylic acids is 1. The Morgan fingerprint density at radius 2 is 2.13 bits per heavy atom. The van der Waals surface area contributed by atoms with E-state index in [1.807, 2.05) is 31.3 Å². The average Bonchev–Trinajstić information content (AvgIpc) is 2.98. The van der Waals surface area contributed by atoms with Crippen LogP contribution in [0.25, 0.3) is 0 Å². The van der Waals surface area contributed by atoms with Gasteiger partial charge in [0.25, 0.3) is 0 Å². The number of carbonyl (C=O) groups excluding carboxylic acids is 1. The first-order valence-corrected chi connectivity index (χ1v) is 10.7. The van der Waals surface area contributed by atoms with Gasteiger partial charge >= 0.3 is 5.97 Å². The van der Waals surface area contributed by atoms with Crippen LogP contribution in [0.3, 0.4) is 0 Å². The topological polar surface area (TPSA) is 97.3 Å². The first-order valence-electron chi connectivity index (χ1n) is 9.90. The number of aryl methyl sites for hydroxylation is 1. The van der Waals surface area contributed by atoms with Crippen molar-refractivity contribution in [1.82, 2.24) is 15.1 Å². The molecule has 3 N–H and O–H groups in total. The molecular weight excluding hydrogens is 402 g/mol. The Bertz CT molecular complexity index is 1000. The number of para-hydroxylation sites is 2. The van der Waals surface area contributed by atoms with Crippen molar-refractivity contribution in [2.45, 2.75) is 19.4 Å². The van der Waals surface area contributed by atoms with Gasteiger partial charge in [-0.15, -0.1) is 11.3 Å². The highest BCUT2D eigenvalue weighted by Crippen LogP contribution is 2.39. The fourth-order valence-electron chi connectivity index (χ4n) is 3.78. The smallest absolute Gasteiger partial charge is 0.312 e. The molecular formula is C21H25N5O3S. The lowest BCUT2D eigenvalue weighted by Crippen LogP contribution is -2.57. The van der Waals surface area contributed by atoms with Crippen molar-refractivity contribution in [1.29, 1.82) is 0 Å². The number of carboxylic acids is 1. The lowest BCUT2D eigenvalue weighted by atomic mass is 10.1. The number of likely N-dealkylation sites (N-methyl/N-ethyl adjacent to an activating group) is 1. The third-order valence-corrected chi connectivity index (χ3v) is 6.36. The number of piperazine rings is 1. The summed E-state index contributed by atoms with van der Waals surface area (Å²) in [5.74, 6) is -0.652. The summed E-state index contributed by atoms with van der Waals surface area (Å²) in [7, 11) is 2.03. The van der Waals surface area contributed by atoms with Crippen LogP contribution in [0.2, 0.25) is 0 Å². The highest BCUT2D eigenvalue weighted by Gasteiger charge is 2.30. The molecule has 9 heteroatoms. The molecule has 0 radical (unpaired) electrons. The number of aliphatic imine (C=N–C) groups is 1. The van der Waals surface area contributed by atoms with E-state index in [0.29, 0.717) is 13.1 Å². The highest BCUT2D eigenvalue weighted by atomic mass is 32.1. The lowest BCUT2D eigenvalue weighted by Gasteiger charge is -2.40. The van der Waals surface area contributed by atoms with Gasteiger partial charge in [0.2, 0.25) is 5.91 Å². The molecule has 158 valence electrons. The number of hydrogen-bond donors (Lipinski definition) is 3. The molecule has 8 nitrogen and oxygen atoms in total. The number of amidine groups is 1. The fraction of sp³-hybridized carbons (Fsp3) is 0.381. The molecule has 30 heavy (non-hydrogen) atoms. The van der Waals surface area contributed by atoms with Crippen molar-refractivity contribution < 1.29 is 14.7 Å². The molecule has 0 bridgehead atoms. The molecule has 2 aromatic rings. The van der Waals surface area contributed by atoms with Crippen LogP contribution in [0, 0.1) is 6.92 Å². The predicted octanol–water partition coefficient (Wildman–Crippen LogP) is 2.40. The van der Waals surface area contributed by atoms with Gasteiger partial charge in [0, 0.05) is 37.1 Å². The standard InChI is InChI=1S/C21H25N5O3S/c1-13-9-15-20(23-16-5-3-4-6-17(16)24-21(15)30-13)26-8-7-25(2)14(12-26)11-22-18(27)10-19(28)29/h3-6,9,14,24H,7-8,10-12H2,1-2H3,(H,22,27)(H,28,29). The minimum absolute atomic E-state index is 0.0637. The minimum atomic E-state index is -1.12. The van der Waals surface area contributed by atoms with Crippen LogP contribution in [0.5, 0.6) is 0 Å². The first kappa shape index (κ1) is 20.4. The number of fused-ring (bicyclic) bond motifs is 2. The Morgan fingerprint density at radius 3 is 2.93 bits per heavy atom. The van der Waals surface area contributed by atoms with Gasteiger partial charge in [0.15, 0.2) is 0 Å². The van der Waals surface area contributed by atoms with Crippen LogP contribution in [-0.2, 0) is 9.59 Å². The van der Waals surface area contributed by atoms with E-state index >= 15 is 0 Å². The van der Waals surface area contributed by atoms with Gasteiger partial charge in [-0.2, -0.15) is 0 Å². The summed E-state index contributed by atoms with van der Waals surface area (Å²) in [6.07, 6.45) is -0.507. The molecule has 4 rings (SSSR count). The van der Waals surface area contributed by atoms with E-state index in [2.05, 4.69) is 33.4 Å². The number of anilines is 2. The summed E-state index contributed by atoms with van der Waals surface area (Å²) in [6.45, 7) is 4.84. The Labute approximate surface area is 179 Å². The van der Waals surface area contributed by atoms with Crippen molar-refractivity contribution in [2.24, 2.45) is 4.99 Å². The molecule has 1 aromatic heterocycles. The number of hydrogen-bond acceptors (Lipinski definition) is 7. The summed E-state index contributed by atoms with van der Waals surface area (Å²) in [6, 6.07) is 10.2. The molecule has 1 fully saturated rings. The van der Waals surface area contributed by atoms with Crippen LogP contribution in [0.4, 0.5) is 16.4 Å². The number of amides is 1. The third-order valence-electron chi connectivity index (χ3n) is 5.40. The molecule has 1 atom stereocenters. The number of carboxylic acid groups (broad SMARTS) is 1. The normalized spacial score (nSPS) is 18.5. The largest absolute Gasteiger partial charge is 0.481 e.